The van der Waals surface area contributed by atoms with Gasteiger partial charge >= 0.3 is 0 Å². The smallest absolute Gasteiger partial charge is 0.152 e. The number of sulfone groups is 1. The van der Waals surface area contributed by atoms with E-state index in [1.807, 2.05) is 45.0 Å². The van der Waals surface area contributed by atoms with E-state index in [-0.39, 0.29) is 23.1 Å². The minimum absolute atomic E-state index is 0.0519. The molecule has 0 amide bonds. The van der Waals surface area contributed by atoms with E-state index in [0.717, 1.165) is 11.3 Å². The van der Waals surface area contributed by atoms with Crippen LogP contribution in [0.4, 0.5) is 0 Å². The lowest BCUT2D eigenvalue weighted by Crippen LogP contribution is -2.44. The number of hydrogen-bond donors (Lipinski definition) is 1. The second kappa shape index (κ2) is 5.74. The molecule has 0 radical (unpaired) electrons. The lowest BCUT2D eigenvalue weighted by molar-refractivity contribution is 0.318. The number of ether oxygens (including phenoxy) is 1. The van der Waals surface area contributed by atoms with Crippen LogP contribution < -0.4 is 10.1 Å². The summed E-state index contributed by atoms with van der Waals surface area (Å²) in [7, 11) is -2.90. The van der Waals surface area contributed by atoms with Crippen molar-refractivity contribution in [1.29, 1.82) is 0 Å². The van der Waals surface area contributed by atoms with Gasteiger partial charge in [0.05, 0.1) is 18.1 Å². The van der Waals surface area contributed by atoms with E-state index < -0.39 is 9.84 Å². The van der Waals surface area contributed by atoms with Crippen LogP contribution in [0.3, 0.4) is 0 Å². The van der Waals surface area contributed by atoms with E-state index >= 15 is 0 Å². The minimum Gasteiger partial charge on any atom is -0.494 e. The highest BCUT2D eigenvalue weighted by molar-refractivity contribution is 7.91. The Morgan fingerprint density at radius 2 is 2.10 bits per heavy atom. The molecule has 1 aromatic rings. The number of rotatable bonds is 5. The van der Waals surface area contributed by atoms with Gasteiger partial charge in [-0.05, 0) is 33.3 Å². The second-order valence-corrected chi connectivity index (χ2v) is 7.92. The van der Waals surface area contributed by atoms with Crippen LogP contribution in [0, 0.1) is 0 Å². The molecule has 5 heteroatoms. The molecule has 2 unspecified atom stereocenters. The molecule has 2 rings (SSSR count). The van der Waals surface area contributed by atoms with Crippen molar-refractivity contribution in [1.82, 2.24) is 5.32 Å². The van der Waals surface area contributed by atoms with Gasteiger partial charge in [0.15, 0.2) is 9.84 Å². The molecular formula is C15H23NO3S. The minimum atomic E-state index is -2.90. The molecule has 1 aliphatic rings. The molecule has 0 bridgehead atoms. The first-order valence-electron chi connectivity index (χ1n) is 7.05. The third kappa shape index (κ3) is 3.52. The second-order valence-electron chi connectivity index (χ2n) is 5.74. The first-order valence-corrected chi connectivity index (χ1v) is 8.87. The normalized spacial score (nSPS) is 26.4. The van der Waals surface area contributed by atoms with Crippen LogP contribution >= 0.6 is 0 Å². The molecule has 20 heavy (non-hydrogen) atoms. The number of nitrogens with one attached hydrogen (secondary N) is 1. The van der Waals surface area contributed by atoms with Crippen LogP contribution in [-0.2, 0) is 9.84 Å². The van der Waals surface area contributed by atoms with E-state index in [1.165, 1.54) is 0 Å². The SMILES string of the molecule is CCOc1ccccc1C(C)NC1(C)CCS(=O)(=O)C1. The molecule has 0 aromatic heterocycles. The van der Waals surface area contributed by atoms with E-state index in [0.29, 0.717) is 13.0 Å². The van der Waals surface area contributed by atoms with Crippen LogP contribution in [0.15, 0.2) is 24.3 Å². The maximum absolute atomic E-state index is 11.7. The van der Waals surface area contributed by atoms with Crippen molar-refractivity contribution < 1.29 is 13.2 Å². The van der Waals surface area contributed by atoms with Crippen molar-refractivity contribution in [2.75, 3.05) is 18.1 Å². The third-order valence-electron chi connectivity index (χ3n) is 3.75. The summed E-state index contributed by atoms with van der Waals surface area (Å²) in [6.07, 6.45) is 0.663. The molecule has 1 heterocycles. The summed E-state index contributed by atoms with van der Waals surface area (Å²) < 4.78 is 29.0. The van der Waals surface area contributed by atoms with Crippen LogP contribution in [0.5, 0.6) is 5.75 Å². The Morgan fingerprint density at radius 3 is 2.70 bits per heavy atom. The highest BCUT2D eigenvalue weighted by Crippen LogP contribution is 2.30. The largest absolute Gasteiger partial charge is 0.494 e. The summed E-state index contributed by atoms with van der Waals surface area (Å²) in [4.78, 5) is 0. The Bertz CT molecular complexity index is 570. The van der Waals surface area contributed by atoms with Crippen molar-refractivity contribution in [2.45, 2.75) is 38.8 Å². The van der Waals surface area contributed by atoms with E-state index in [2.05, 4.69) is 5.32 Å². The van der Waals surface area contributed by atoms with Gasteiger partial charge in [-0.3, -0.25) is 0 Å². The zero-order valence-corrected chi connectivity index (χ0v) is 13.2. The maximum atomic E-state index is 11.7. The van der Waals surface area contributed by atoms with Crippen molar-refractivity contribution in [3.05, 3.63) is 29.8 Å². The van der Waals surface area contributed by atoms with Gasteiger partial charge in [0, 0.05) is 17.1 Å². The Balaban J connectivity index is 2.15. The average Bonchev–Trinajstić information content (AvgIpc) is 2.64. The van der Waals surface area contributed by atoms with Gasteiger partial charge < -0.3 is 10.1 Å². The number of para-hydroxylation sites is 1. The molecule has 1 saturated heterocycles. The summed E-state index contributed by atoms with van der Waals surface area (Å²) in [6.45, 7) is 6.61. The summed E-state index contributed by atoms with van der Waals surface area (Å²) in [5, 5.41) is 3.47. The van der Waals surface area contributed by atoms with Crippen LogP contribution in [0.1, 0.15) is 38.8 Å². The number of benzene rings is 1. The van der Waals surface area contributed by atoms with E-state index in [4.69, 9.17) is 4.74 Å². The van der Waals surface area contributed by atoms with Gasteiger partial charge in [0.25, 0.3) is 0 Å². The Kier molecular flexibility index (Phi) is 4.39. The summed E-state index contributed by atoms with van der Waals surface area (Å²) >= 11 is 0. The summed E-state index contributed by atoms with van der Waals surface area (Å²) in [5.74, 6) is 1.34. The van der Waals surface area contributed by atoms with Crippen LogP contribution in [-0.4, -0.2) is 32.1 Å². The third-order valence-corrected chi connectivity index (χ3v) is 5.66. The first kappa shape index (κ1) is 15.3. The van der Waals surface area contributed by atoms with Gasteiger partial charge in [-0.25, -0.2) is 8.42 Å². The van der Waals surface area contributed by atoms with Crippen molar-refractivity contribution in [2.24, 2.45) is 0 Å². The fourth-order valence-corrected chi connectivity index (χ4v) is 4.95. The molecule has 0 spiro atoms. The van der Waals surface area contributed by atoms with Crippen LogP contribution in [0.25, 0.3) is 0 Å². The average molecular weight is 297 g/mol. The molecule has 0 aliphatic carbocycles. The molecule has 112 valence electrons. The molecule has 4 nitrogen and oxygen atoms in total. The molecule has 1 fully saturated rings. The van der Waals surface area contributed by atoms with Crippen molar-refractivity contribution in [3.63, 3.8) is 0 Å². The predicted octanol–water partition coefficient (Wildman–Crippen LogP) is 2.31. The van der Waals surface area contributed by atoms with Crippen molar-refractivity contribution >= 4 is 9.84 Å². The van der Waals surface area contributed by atoms with Crippen molar-refractivity contribution in [3.8, 4) is 5.75 Å². The molecule has 1 aromatic carbocycles. The Labute approximate surface area is 121 Å². The maximum Gasteiger partial charge on any atom is 0.152 e. The topological polar surface area (TPSA) is 55.4 Å². The quantitative estimate of drug-likeness (QED) is 0.906. The molecule has 0 saturated carbocycles. The number of hydrogen-bond acceptors (Lipinski definition) is 4. The Hall–Kier alpha value is -1.07. The monoisotopic (exact) mass is 297 g/mol. The van der Waals surface area contributed by atoms with Crippen LogP contribution in [0.2, 0.25) is 0 Å². The highest BCUT2D eigenvalue weighted by atomic mass is 32.2. The zero-order chi connectivity index (χ0) is 14.8. The Morgan fingerprint density at radius 1 is 1.40 bits per heavy atom. The fraction of sp³-hybridized carbons (Fsp3) is 0.600. The lowest BCUT2D eigenvalue weighted by atomic mass is 9.98. The first-order chi connectivity index (χ1) is 9.35. The van der Waals surface area contributed by atoms with Gasteiger partial charge in [0.1, 0.15) is 5.75 Å². The molecule has 2 atom stereocenters. The molecular weight excluding hydrogens is 274 g/mol. The predicted molar refractivity (Wildman–Crippen MR) is 80.8 cm³/mol. The molecule has 1 aliphatic heterocycles. The summed E-state index contributed by atoms with van der Waals surface area (Å²) in [6, 6.07) is 7.95. The standard InChI is InChI=1S/C15H23NO3S/c1-4-19-14-8-6-5-7-13(14)12(2)16-15(3)9-10-20(17,18)11-15/h5-8,12,16H,4,9-11H2,1-3H3. The van der Waals surface area contributed by atoms with E-state index in [1.54, 1.807) is 0 Å². The summed E-state index contributed by atoms with van der Waals surface area (Å²) in [5.41, 5.74) is 0.720. The molecule has 1 N–H and O–H groups in total. The lowest BCUT2D eigenvalue weighted by Gasteiger charge is -2.29. The fourth-order valence-electron chi connectivity index (χ4n) is 2.85. The van der Waals surface area contributed by atoms with Gasteiger partial charge in [-0.1, -0.05) is 18.2 Å². The van der Waals surface area contributed by atoms with E-state index in [9.17, 15) is 8.42 Å². The highest BCUT2D eigenvalue weighted by Gasteiger charge is 2.39. The zero-order valence-electron chi connectivity index (χ0n) is 12.3. The van der Waals surface area contributed by atoms with Gasteiger partial charge in [0.2, 0.25) is 0 Å². The van der Waals surface area contributed by atoms with Gasteiger partial charge in [-0.2, -0.15) is 0 Å². The van der Waals surface area contributed by atoms with Gasteiger partial charge in [-0.15, -0.1) is 0 Å².